The highest BCUT2D eigenvalue weighted by molar-refractivity contribution is 7.14. The van der Waals surface area contributed by atoms with E-state index in [9.17, 15) is 4.79 Å². The zero-order chi connectivity index (χ0) is 18.8. The maximum absolute atomic E-state index is 13.2. The lowest BCUT2D eigenvalue weighted by atomic mass is 10.0. The fourth-order valence-electron chi connectivity index (χ4n) is 2.91. The van der Waals surface area contributed by atoms with Crippen LogP contribution in [-0.4, -0.2) is 22.7 Å². The summed E-state index contributed by atoms with van der Waals surface area (Å²) in [7, 11) is 0. The second kappa shape index (κ2) is 7.20. The molecule has 0 radical (unpaired) electrons. The molecule has 0 fully saturated rings. The largest absolute Gasteiger partial charge is 0.493 e. The van der Waals surface area contributed by atoms with Crippen LogP contribution in [0.1, 0.15) is 23.1 Å². The molecule has 0 aliphatic heterocycles. The highest BCUT2D eigenvalue weighted by Crippen LogP contribution is 2.34. The van der Waals surface area contributed by atoms with Gasteiger partial charge in [-0.2, -0.15) is 4.98 Å². The smallest absolute Gasteiger partial charge is 0.270 e. The maximum Gasteiger partial charge on any atom is 0.270 e. The fraction of sp³-hybridized carbons (Fsp3) is 0.150. The van der Waals surface area contributed by atoms with Gasteiger partial charge < -0.3 is 14.6 Å². The van der Waals surface area contributed by atoms with E-state index in [1.165, 1.54) is 11.3 Å². The molecule has 136 valence electrons. The van der Waals surface area contributed by atoms with E-state index in [1.54, 1.807) is 6.92 Å². The first-order valence-corrected chi connectivity index (χ1v) is 9.39. The Bertz CT molecular complexity index is 1120. The molecule has 0 spiro atoms. The van der Waals surface area contributed by atoms with Gasteiger partial charge in [0.2, 0.25) is 0 Å². The third kappa shape index (κ3) is 3.29. The summed E-state index contributed by atoms with van der Waals surface area (Å²) >= 11 is 1.43. The van der Waals surface area contributed by atoms with Crippen molar-refractivity contribution in [1.82, 2.24) is 10.1 Å². The van der Waals surface area contributed by atoms with Crippen molar-refractivity contribution < 1.29 is 14.1 Å². The summed E-state index contributed by atoms with van der Waals surface area (Å²) in [5.41, 5.74) is 1.14. The van der Waals surface area contributed by atoms with Crippen molar-refractivity contribution >= 4 is 33.7 Å². The molecule has 2 aromatic heterocycles. The lowest BCUT2D eigenvalue weighted by Gasteiger charge is -2.13. The first kappa shape index (κ1) is 17.2. The molecule has 0 atom stereocenters. The molecule has 6 nitrogen and oxygen atoms in total. The second-order valence-electron chi connectivity index (χ2n) is 5.86. The minimum absolute atomic E-state index is 0.244. The van der Waals surface area contributed by atoms with Gasteiger partial charge in [0.05, 0.1) is 17.9 Å². The summed E-state index contributed by atoms with van der Waals surface area (Å²) in [5.74, 6) is 1.24. The Labute approximate surface area is 159 Å². The molecule has 1 N–H and O–H groups in total. The van der Waals surface area contributed by atoms with Gasteiger partial charge in [-0.15, -0.1) is 11.3 Å². The van der Waals surface area contributed by atoms with Gasteiger partial charge in [-0.05, 0) is 42.1 Å². The molecule has 7 heteroatoms. The zero-order valence-electron chi connectivity index (χ0n) is 14.9. The quantitative estimate of drug-likeness (QED) is 0.533. The Morgan fingerprint density at radius 3 is 2.85 bits per heavy atom. The van der Waals surface area contributed by atoms with E-state index in [2.05, 4.69) is 15.5 Å². The maximum atomic E-state index is 13.2. The number of rotatable bonds is 5. The topological polar surface area (TPSA) is 77.2 Å². The minimum Gasteiger partial charge on any atom is -0.493 e. The Balaban J connectivity index is 1.74. The summed E-state index contributed by atoms with van der Waals surface area (Å²) in [6.07, 6.45) is 0. The Morgan fingerprint density at radius 2 is 2.07 bits per heavy atom. The summed E-state index contributed by atoms with van der Waals surface area (Å²) < 4.78 is 10.9. The van der Waals surface area contributed by atoms with Gasteiger partial charge in [-0.25, -0.2) is 0 Å². The van der Waals surface area contributed by atoms with Crippen molar-refractivity contribution in [2.75, 3.05) is 11.9 Å². The second-order valence-corrected chi connectivity index (χ2v) is 6.77. The molecule has 0 bridgehead atoms. The predicted octanol–water partition coefficient (Wildman–Crippen LogP) is 4.91. The standard InChI is InChI=1S/C20H17N3O3S/c1-3-25-16-9-8-13-6-4-5-7-14(13)17(16)19(24)22-15-10-11-27-18(15)20-21-12(2)23-26-20/h4-11H,3H2,1-2H3,(H,22,24). The first-order chi connectivity index (χ1) is 13.2. The van der Waals surface area contributed by atoms with Crippen LogP contribution in [-0.2, 0) is 0 Å². The lowest BCUT2D eigenvalue weighted by Crippen LogP contribution is -2.14. The van der Waals surface area contributed by atoms with Gasteiger partial charge in [0.25, 0.3) is 11.8 Å². The van der Waals surface area contributed by atoms with E-state index in [0.717, 1.165) is 15.6 Å². The summed E-state index contributed by atoms with van der Waals surface area (Å²) in [5, 5.41) is 10.5. The van der Waals surface area contributed by atoms with Crippen LogP contribution in [0, 0.1) is 6.92 Å². The number of nitrogens with one attached hydrogen (secondary N) is 1. The number of amides is 1. The summed E-state index contributed by atoms with van der Waals surface area (Å²) in [6, 6.07) is 13.3. The summed E-state index contributed by atoms with van der Waals surface area (Å²) in [4.78, 5) is 18.1. The van der Waals surface area contributed by atoms with Gasteiger partial charge >= 0.3 is 0 Å². The van der Waals surface area contributed by atoms with Crippen molar-refractivity contribution in [1.29, 1.82) is 0 Å². The molecule has 4 rings (SSSR count). The highest BCUT2D eigenvalue weighted by atomic mass is 32.1. The number of hydrogen-bond acceptors (Lipinski definition) is 6. The third-order valence-electron chi connectivity index (χ3n) is 4.05. The van der Waals surface area contributed by atoms with Crippen molar-refractivity contribution in [3.05, 3.63) is 59.2 Å². The van der Waals surface area contributed by atoms with Gasteiger partial charge in [-0.1, -0.05) is 35.5 Å². The third-order valence-corrected chi connectivity index (χ3v) is 4.96. The molecular formula is C20H17N3O3S. The van der Waals surface area contributed by atoms with Gasteiger partial charge in [0.15, 0.2) is 5.82 Å². The molecule has 2 aromatic carbocycles. The molecule has 0 saturated carbocycles. The van der Waals surface area contributed by atoms with E-state index in [-0.39, 0.29) is 5.91 Å². The molecule has 0 aliphatic carbocycles. The fourth-order valence-corrected chi connectivity index (χ4v) is 3.68. The molecular weight excluding hydrogens is 362 g/mol. The zero-order valence-corrected chi connectivity index (χ0v) is 15.7. The SMILES string of the molecule is CCOc1ccc2ccccc2c1C(=O)Nc1ccsc1-c1nc(C)no1. The number of carbonyl (C=O) groups excluding carboxylic acids is 1. The minimum atomic E-state index is -0.244. The monoisotopic (exact) mass is 379 g/mol. The van der Waals surface area contributed by atoms with Crippen LogP contribution in [0.2, 0.25) is 0 Å². The van der Waals surface area contributed by atoms with Crippen LogP contribution >= 0.6 is 11.3 Å². The Hall–Kier alpha value is -3.19. The average molecular weight is 379 g/mol. The van der Waals surface area contributed by atoms with Crippen molar-refractivity contribution in [3.8, 4) is 16.5 Å². The normalized spacial score (nSPS) is 10.9. The van der Waals surface area contributed by atoms with Gasteiger partial charge in [0, 0.05) is 0 Å². The molecule has 0 aliphatic rings. The van der Waals surface area contributed by atoms with Crippen LogP contribution in [0.15, 0.2) is 52.4 Å². The highest BCUT2D eigenvalue weighted by Gasteiger charge is 2.20. The van der Waals surface area contributed by atoms with E-state index in [1.807, 2.05) is 54.8 Å². The van der Waals surface area contributed by atoms with E-state index < -0.39 is 0 Å². The van der Waals surface area contributed by atoms with Crippen LogP contribution in [0.5, 0.6) is 5.75 Å². The van der Waals surface area contributed by atoms with Gasteiger partial charge in [-0.3, -0.25) is 4.79 Å². The molecule has 2 heterocycles. The first-order valence-electron chi connectivity index (χ1n) is 8.51. The number of aryl methyl sites for hydroxylation is 1. The van der Waals surface area contributed by atoms with E-state index >= 15 is 0 Å². The predicted molar refractivity (Wildman–Crippen MR) is 105 cm³/mol. The van der Waals surface area contributed by atoms with Crippen LogP contribution in [0.3, 0.4) is 0 Å². The molecule has 0 saturated heterocycles. The number of thiophene rings is 1. The van der Waals surface area contributed by atoms with Crippen molar-refractivity contribution in [3.63, 3.8) is 0 Å². The number of nitrogens with zero attached hydrogens (tertiary/aromatic N) is 2. The van der Waals surface area contributed by atoms with E-state index in [4.69, 9.17) is 9.26 Å². The van der Waals surface area contributed by atoms with Crippen LogP contribution < -0.4 is 10.1 Å². The number of fused-ring (bicyclic) bond motifs is 1. The molecule has 1 amide bonds. The lowest BCUT2D eigenvalue weighted by molar-refractivity contribution is 0.102. The Kier molecular flexibility index (Phi) is 4.60. The molecule has 27 heavy (non-hydrogen) atoms. The average Bonchev–Trinajstić information content (AvgIpc) is 3.30. The number of benzene rings is 2. The number of anilines is 1. The summed E-state index contributed by atoms with van der Waals surface area (Å²) in [6.45, 7) is 4.12. The van der Waals surface area contributed by atoms with Crippen molar-refractivity contribution in [2.24, 2.45) is 0 Å². The van der Waals surface area contributed by atoms with Crippen molar-refractivity contribution in [2.45, 2.75) is 13.8 Å². The number of hydrogen-bond donors (Lipinski definition) is 1. The molecule has 4 aromatic rings. The Morgan fingerprint density at radius 1 is 1.22 bits per heavy atom. The number of aromatic nitrogens is 2. The van der Waals surface area contributed by atoms with Gasteiger partial charge in [0.1, 0.15) is 10.6 Å². The molecule has 0 unspecified atom stereocenters. The number of carbonyl (C=O) groups is 1. The van der Waals surface area contributed by atoms with Crippen LogP contribution in [0.25, 0.3) is 21.5 Å². The van der Waals surface area contributed by atoms with E-state index in [0.29, 0.717) is 35.3 Å². The van der Waals surface area contributed by atoms with Crippen LogP contribution in [0.4, 0.5) is 5.69 Å². The number of ether oxygens (including phenoxy) is 1.